The summed E-state index contributed by atoms with van der Waals surface area (Å²) in [5.74, 6) is -0.596. The molecule has 0 aromatic heterocycles. The van der Waals surface area contributed by atoms with Crippen LogP contribution in [0.1, 0.15) is 12.5 Å². The van der Waals surface area contributed by atoms with Crippen molar-refractivity contribution in [3.05, 3.63) is 40.2 Å². The van der Waals surface area contributed by atoms with Crippen molar-refractivity contribution in [1.82, 2.24) is 0 Å². The third-order valence-corrected chi connectivity index (χ3v) is 2.11. The molecule has 14 heavy (non-hydrogen) atoms. The molecule has 0 saturated carbocycles. The molecule has 0 amide bonds. The van der Waals surface area contributed by atoms with E-state index < -0.39 is 5.82 Å². The number of hydrogen-bond donors (Lipinski definition) is 1. The van der Waals surface area contributed by atoms with E-state index in [0.717, 1.165) is 0 Å². The summed E-state index contributed by atoms with van der Waals surface area (Å²) in [6, 6.07) is 6.35. The number of nitrogens with zero attached hydrogens (tertiary/aromatic N) is 1. The van der Waals surface area contributed by atoms with Gasteiger partial charge >= 0.3 is 0 Å². The van der Waals surface area contributed by atoms with E-state index in [-0.39, 0.29) is 21.9 Å². The van der Waals surface area contributed by atoms with Crippen molar-refractivity contribution in [2.75, 3.05) is 0 Å². The Kier molecular flexibility index (Phi) is 3.10. The van der Waals surface area contributed by atoms with Crippen LogP contribution in [0.2, 0.25) is 5.02 Å². The normalized spacial score (nSPS) is 11.9. The number of allylic oxidation sites excluding steroid dienone is 1. The summed E-state index contributed by atoms with van der Waals surface area (Å²) in [6.07, 6.45) is 0. The quantitative estimate of drug-likeness (QED) is 0.725. The highest BCUT2D eigenvalue weighted by molar-refractivity contribution is 6.30. The molecule has 0 saturated heterocycles. The summed E-state index contributed by atoms with van der Waals surface area (Å²) in [7, 11) is 0. The zero-order valence-corrected chi connectivity index (χ0v) is 8.27. The highest BCUT2D eigenvalue weighted by Crippen LogP contribution is 2.22. The Labute approximate surface area is 86.4 Å². The Balaban J connectivity index is 3.36. The van der Waals surface area contributed by atoms with Crippen LogP contribution in [0.4, 0.5) is 4.39 Å². The van der Waals surface area contributed by atoms with Gasteiger partial charge in [-0.25, -0.2) is 4.39 Å². The molecule has 0 radical (unpaired) electrons. The standard InChI is InChI=1S/C10H8ClFN2/c1-6(5-13)10(14)7-3-2-4-8(11)9(7)12/h2-4H,14H2,1H3/b10-6-. The highest BCUT2D eigenvalue weighted by atomic mass is 35.5. The molecular weight excluding hydrogens is 203 g/mol. The fourth-order valence-electron chi connectivity index (χ4n) is 0.974. The zero-order chi connectivity index (χ0) is 10.7. The van der Waals surface area contributed by atoms with E-state index in [1.807, 2.05) is 6.07 Å². The van der Waals surface area contributed by atoms with Crippen molar-refractivity contribution >= 4 is 17.3 Å². The number of nitriles is 1. The average Bonchev–Trinajstić information content (AvgIpc) is 2.20. The average molecular weight is 211 g/mol. The summed E-state index contributed by atoms with van der Waals surface area (Å²) in [4.78, 5) is 0. The minimum Gasteiger partial charge on any atom is -0.397 e. The number of benzene rings is 1. The Bertz CT molecular complexity index is 432. The largest absolute Gasteiger partial charge is 0.397 e. The zero-order valence-electron chi connectivity index (χ0n) is 7.51. The Morgan fingerprint density at radius 3 is 2.79 bits per heavy atom. The van der Waals surface area contributed by atoms with Crippen molar-refractivity contribution in [2.24, 2.45) is 5.73 Å². The number of halogens is 2. The maximum atomic E-state index is 13.4. The van der Waals surface area contributed by atoms with Gasteiger partial charge in [-0.2, -0.15) is 5.26 Å². The molecule has 0 spiro atoms. The van der Waals surface area contributed by atoms with Gasteiger partial charge in [-0.05, 0) is 19.1 Å². The molecule has 72 valence electrons. The van der Waals surface area contributed by atoms with Crippen LogP contribution < -0.4 is 5.73 Å². The molecule has 1 rings (SSSR count). The number of rotatable bonds is 1. The Hall–Kier alpha value is -1.53. The molecule has 4 heteroatoms. The van der Waals surface area contributed by atoms with Gasteiger partial charge in [0.25, 0.3) is 0 Å². The lowest BCUT2D eigenvalue weighted by molar-refractivity contribution is 0.624. The molecule has 0 unspecified atom stereocenters. The Morgan fingerprint density at radius 1 is 1.57 bits per heavy atom. The van der Waals surface area contributed by atoms with Gasteiger partial charge in [0.15, 0.2) is 5.82 Å². The minimum atomic E-state index is -0.596. The maximum absolute atomic E-state index is 13.4. The van der Waals surface area contributed by atoms with E-state index in [1.165, 1.54) is 19.1 Å². The summed E-state index contributed by atoms with van der Waals surface area (Å²) in [5, 5.41) is 8.58. The van der Waals surface area contributed by atoms with E-state index in [1.54, 1.807) is 6.07 Å². The van der Waals surface area contributed by atoms with Gasteiger partial charge in [0.05, 0.1) is 22.4 Å². The maximum Gasteiger partial charge on any atom is 0.151 e. The molecule has 0 fully saturated rings. The first-order valence-corrected chi connectivity index (χ1v) is 4.26. The van der Waals surface area contributed by atoms with Gasteiger partial charge < -0.3 is 5.73 Å². The van der Waals surface area contributed by atoms with Crippen molar-refractivity contribution < 1.29 is 4.39 Å². The topological polar surface area (TPSA) is 49.8 Å². The first-order valence-electron chi connectivity index (χ1n) is 3.88. The second kappa shape index (κ2) is 4.12. The summed E-state index contributed by atoms with van der Waals surface area (Å²) in [5.41, 5.74) is 6.13. The first-order chi connectivity index (χ1) is 6.57. The fourth-order valence-corrected chi connectivity index (χ4v) is 1.15. The molecule has 0 bridgehead atoms. The van der Waals surface area contributed by atoms with Crippen LogP contribution in [0.3, 0.4) is 0 Å². The van der Waals surface area contributed by atoms with Crippen LogP contribution in [-0.4, -0.2) is 0 Å². The lowest BCUT2D eigenvalue weighted by Gasteiger charge is -2.05. The van der Waals surface area contributed by atoms with E-state index in [0.29, 0.717) is 0 Å². The van der Waals surface area contributed by atoms with Crippen LogP contribution >= 0.6 is 11.6 Å². The second-order valence-electron chi connectivity index (χ2n) is 2.75. The molecule has 0 aliphatic heterocycles. The molecule has 2 N–H and O–H groups in total. The first kappa shape index (κ1) is 10.6. The monoisotopic (exact) mass is 210 g/mol. The fraction of sp³-hybridized carbons (Fsp3) is 0.100. The van der Waals surface area contributed by atoms with Crippen molar-refractivity contribution in [2.45, 2.75) is 6.92 Å². The van der Waals surface area contributed by atoms with Crippen LogP contribution in [0, 0.1) is 17.1 Å². The molecule has 2 nitrogen and oxygen atoms in total. The van der Waals surface area contributed by atoms with E-state index >= 15 is 0 Å². The third kappa shape index (κ3) is 1.86. The van der Waals surface area contributed by atoms with Gasteiger partial charge in [0.1, 0.15) is 0 Å². The molecule has 0 aliphatic rings. The minimum absolute atomic E-state index is 0.00353. The molecule has 0 heterocycles. The van der Waals surface area contributed by atoms with Crippen LogP contribution in [0.5, 0.6) is 0 Å². The summed E-state index contributed by atoms with van der Waals surface area (Å²) >= 11 is 5.57. The molecule has 1 aromatic rings. The van der Waals surface area contributed by atoms with Crippen LogP contribution in [0.25, 0.3) is 5.70 Å². The van der Waals surface area contributed by atoms with E-state index in [9.17, 15) is 4.39 Å². The number of hydrogen-bond acceptors (Lipinski definition) is 2. The van der Waals surface area contributed by atoms with E-state index in [2.05, 4.69) is 0 Å². The molecule has 1 aromatic carbocycles. The number of nitrogens with two attached hydrogens (primary N) is 1. The van der Waals surface area contributed by atoms with Gasteiger partial charge in [-0.1, -0.05) is 17.7 Å². The smallest absolute Gasteiger partial charge is 0.151 e. The van der Waals surface area contributed by atoms with Crippen molar-refractivity contribution in [3.8, 4) is 6.07 Å². The van der Waals surface area contributed by atoms with Gasteiger partial charge in [-0.3, -0.25) is 0 Å². The van der Waals surface area contributed by atoms with Crippen LogP contribution in [0.15, 0.2) is 23.8 Å². The lowest BCUT2D eigenvalue weighted by Crippen LogP contribution is -2.02. The molecular formula is C10H8ClFN2. The molecule has 0 aliphatic carbocycles. The SMILES string of the molecule is C/C(C#N)=C(/N)c1cccc(Cl)c1F. The molecule has 0 atom stereocenters. The van der Waals surface area contributed by atoms with Crippen molar-refractivity contribution in [1.29, 1.82) is 5.26 Å². The highest BCUT2D eigenvalue weighted by Gasteiger charge is 2.10. The predicted molar refractivity (Wildman–Crippen MR) is 53.8 cm³/mol. The van der Waals surface area contributed by atoms with Crippen molar-refractivity contribution in [3.63, 3.8) is 0 Å². The Morgan fingerprint density at radius 2 is 2.21 bits per heavy atom. The van der Waals surface area contributed by atoms with E-state index in [4.69, 9.17) is 22.6 Å². The summed E-state index contributed by atoms with van der Waals surface area (Å²) in [6.45, 7) is 1.52. The predicted octanol–water partition coefficient (Wildman–Crippen LogP) is 2.69. The van der Waals surface area contributed by atoms with Gasteiger partial charge in [0, 0.05) is 5.56 Å². The second-order valence-corrected chi connectivity index (χ2v) is 3.16. The van der Waals surface area contributed by atoms with Gasteiger partial charge in [-0.15, -0.1) is 0 Å². The van der Waals surface area contributed by atoms with Crippen LogP contribution in [-0.2, 0) is 0 Å². The van der Waals surface area contributed by atoms with Gasteiger partial charge in [0.2, 0.25) is 0 Å². The third-order valence-electron chi connectivity index (χ3n) is 1.81. The summed E-state index contributed by atoms with van der Waals surface area (Å²) < 4.78 is 13.4. The lowest BCUT2D eigenvalue weighted by atomic mass is 10.1.